The van der Waals surface area contributed by atoms with E-state index in [2.05, 4.69) is 9.98 Å². The number of aliphatic imine (C=N–C) groups is 2. The molecule has 0 atom stereocenters. The highest BCUT2D eigenvalue weighted by Crippen LogP contribution is 2.20. The Labute approximate surface area is 77.5 Å². The molecule has 13 heavy (non-hydrogen) atoms. The first-order chi connectivity index (χ1) is 6.36. The number of hydrogen-bond acceptors (Lipinski definition) is 2. The van der Waals surface area contributed by atoms with E-state index in [-0.39, 0.29) is 0 Å². The molecule has 0 aromatic carbocycles. The molecule has 0 spiro atoms. The first-order valence-electron chi connectivity index (χ1n) is 4.23. The molecule has 0 saturated carbocycles. The van der Waals surface area contributed by atoms with Crippen LogP contribution >= 0.6 is 0 Å². The van der Waals surface area contributed by atoms with Crippen molar-refractivity contribution in [1.29, 1.82) is 0 Å². The van der Waals surface area contributed by atoms with Gasteiger partial charge >= 0.3 is 0 Å². The molecule has 0 saturated heterocycles. The van der Waals surface area contributed by atoms with Crippen LogP contribution in [0.2, 0.25) is 0 Å². The maximum atomic E-state index is 4.37. The Kier molecular flexibility index (Phi) is 1.85. The van der Waals surface area contributed by atoms with Crippen molar-refractivity contribution in [2.45, 2.75) is 6.92 Å². The van der Waals surface area contributed by atoms with Crippen molar-refractivity contribution >= 4 is 11.7 Å². The molecule has 2 aliphatic rings. The molecular weight excluding hydrogens is 162 g/mol. The maximum Gasteiger partial charge on any atom is 0.173 e. The van der Waals surface area contributed by atoms with Gasteiger partial charge in [-0.1, -0.05) is 12.2 Å². The molecule has 3 heteroatoms. The van der Waals surface area contributed by atoms with Gasteiger partial charge in [0.2, 0.25) is 0 Å². The molecule has 0 amide bonds. The van der Waals surface area contributed by atoms with Gasteiger partial charge in [0.1, 0.15) is 5.84 Å². The zero-order chi connectivity index (χ0) is 9.26. The lowest BCUT2D eigenvalue weighted by molar-refractivity contribution is 0.743. The summed E-state index contributed by atoms with van der Waals surface area (Å²) in [5.74, 6) is 1.74. The lowest BCUT2D eigenvalue weighted by Gasteiger charge is -2.16. The fourth-order valence-corrected chi connectivity index (χ4v) is 1.44. The highest BCUT2D eigenvalue weighted by Gasteiger charge is 2.23. The molecule has 0 aromatic rings. The molecule has 0 aromatic heterocycles. The topological polar surface area (TPSA) is 28.0 Å². The van der Waals surface area contributed by atoms with Crippen molar-refractivity contribution < 1.29 is 0 Å². The number of allylic oxidation sites excluding steroid dienone is 3. The number of rotatable bonds is 0. The monoisotopic (exact) mass is 173 g/mol. The normalized spacial score (nSPS) is 25.7. The summed E-state index contributed by atoms with van der Waals surface area (Å²) >= 11 is 0. The van der Waals surface area contributed by atoms with Crippen LogP contribution in [0.3, 0.4) is 0 Å². The Morgan fingerprint density at radius 2 is 2.31 bits per heavy atom. The minimum absolute atomic E-state index is 0.800. The van der Waals surface area contributed by atoms with Gasteiger partial charge in [-0.15, -0.1) is 0 Å². The van der Waals surface area contributed by atoms with E-state index in [1.54, 1.807) is 7.05 Å². The average molecular weight is 173 g/mol. The van der Waals surface area contributed by atoms with Gasteiger partial charge in [-0.2, -0.15) is 0 Å². The minimum Gasteiger partial charge on any atom is -0.298 e. The van der Waals surface area contributed by atoms with Gasteiger partial charge in [0.25, 0.3) is 0 Å². The van der Waals surface area contributed by atoms with E-state index in [0.717, 1.165) is 17.4 Å². The van der Waals surface area contributed by atoms with E-state index in [1.165, 1.54) is 0 Å². The van der Waals surface area contributed by atoms with Crippen molar-refractivity contribution in [3.05, 3.63) is 36.2 Å². The van der Waals surface area contributed by atoms with Gasteiger partial charge in [0.05, 0.1) is 5.70 Å². The molecule has 0 N–H and O–H groups in total. The molecule has 0 unspecified atom stereocenters. The standard InChI is InChI=1S/C10H11N3/c1-3-8-10(11-2)12-9-6-4-5-7-13(8)9/h3-7H,1-2H3/b8-3+,11-10?. The fourth-order valence-electron chi connectivity index (χ4n) is 1.44. The molecule has 0 fully saturated rings. The second-order valence-corrected chi connectivity index (χ2v) is 2.76. The Morgan fingerprint density at radius 3 is 3.00 bits per heavy atom. The van der Waals surface area contributed by atoms with Gasteiger partial charge in [-0.25, -0.2) is 4.99 Å². The van der Waals surface area contributed by atoms with Crippen molar-refractivity contribution in [3.8, 4) is 0 Å². The summed E-state index contributed by atoms with van der Waals surface area (Å²) < 4.78 is 0. The van der Waals surface area contributed by atoms with E-state index in [1.807, 2.05) is 42.3 Å². The van der Waals surface area contributed by atoms with Crippen molar-refractivity contribution in [2.24, 2.45) is 9.98 Å². The van der Waals surface area contributed by atoms with Crippen LogP contribution in [0, 0.1) is 0 Å². The quantitative estimate of drug-likeness (QED) is 0.548. The third-order valence-electron chi connectivity index (χ3n) is 2.03. The van der Waals surface area contributed by atoms with Crippen LogP contribution in [0.25, 0.3) is 0 Å². The molecule has 2 rings (SSSR count). The predicted molar refractivity (Wildman–Crippen MR) is 54.7 cm³/mol. The van der Waals surface area contributed by atoms with Crippen LogP contribution < -0.4 is 0 Å². The first kappa shape index (κ1) is 7.98. The molecule has 0 aliphatic carbocycles. The Hall–Kier alpha value is -1.64. The Bertz CT molecular complexity index is 368. The van der Waals surface area contributed by atoms with Crippen LogP contribution in [-0.2, 0) is 0 Å². The van der Waals surface area contributed by atoms with E-state index in [9.17, 15) is 0 Å². The summed E-state index contributed by atoms with van der Waals surface area (Å²) in [6, 6.07) is 0. The Morgan fingerprint density at radius 1 is 1.46 bits per heavy atom. The molecular formula is C10H11N3. The highest BCUT2D eigenvalue weighted by atomic mass is 15.3. The summed E-state index contributed by atoms with van der Waals surface area (Å²) in [4.78, 5) is 10.5. The minimum atomic E-state index is 0.800. The third-order valence-corrected chi connectivity index (χ3v) is 2.03. The summed E-state index contributed by atoms with van der Waals surface area (Å²) in [6.45, 7) is 1.99. The van der Waals surface area contributed by atoms with Gasteiger partial charge in [0, 0.05) is 13.2 Å². The fraction of sp³-hybridized carbons (Fsp3) is 0.200. The summed E-state index contributed by atoms with van der Waals surface area (Å²) in [7, 11) is 1.76. The second-order valence-electron chi connectivity index (χ2n) is 2.76. The van der Waals surface area contributed by atoms with Gasteiger partial charge in [0.15, 0.2) is 5.84 Å². The van der Waals surface area contributed by atoms with Gasteiger partial charge in [-0.05, 0) is 19.1 Å². The zero-order valence-corrected chi connectivity index (χ0v) is 7.73. The lowest BCUT2D eigenvalue weighted by atomic mass is 10.3. The molecule has 3 nitrogen and oxygen atoms in total. The summed E-state index contributed by atoms with van der Waals surface area (Å²) in [5, 5.41) is 0. The van der Waals surface area contributed by atoms with Gasteiger partial charge in [-0.3, -0.25) is 9.89 Å². The zero-order valence-electron chi connectivity index (χ0n) is 7.73. The maximum absolute atomic E-state index is 4.37. The van der Waals surface area contributed by atoms with Crippen LogP contribution in [-0.4, -0.2) is 23.6 Å². The molecule has 2 aliphatic heterocycles. The molecule has 0 bridgehead atoms. The van der Waals surface area contributed by atoms with Crippen LogP contribution in [0.15, 0.2) is 46.2 Å². The average Bonchev–Trinajstić information content (AvgIpc) is 2.55. The first-order valence-corrected chi connectivity index (χ1v) is 4.23. The van der Waals surface area contributed by atoms with Gasteiger partial charge < -0.3 is 0 Å². The van der Waals surface area contributed by atoms with Crippen LogP contribution in [0.1, 0.15) is 6.92 Å². The smallest absolute Gasteiger partial charge is 0.173 e. The number of amidine groups is 2. The molecule has 0 radical (unpaired) electrons. The second kappa shape index (κ2) is 3.01. The number of hydrogen-bond donors (Lipinski definition) is 0. The molecule has 2 heterocycles. The predicted octanol–water partition coefficient (Wildman–Crippen LogP) is 1.72. The van der Waals surface area contributed by atoms with Crippen molar-refractivity contribution in [1.82, 2.24) is 4.90 Å². The highest BCUT2D eigenvalue weighted by molar-refractivity contribution is 6.17. The van der Waals surface area contributed by atoms with Crippen LogP contribution in [0.5, 0.6) is 0 Å². The molecule has 66 valence electrons. The van der Waals surface area contributed by atoms with E-state index < -0.39 is 0 Å². The summed E-state index contributed by atoms with van der Waals surface area (Å²) in [6.07, 6.45) is 9.94. The SMILES string of the molecule is C/C=C1\C(=NC)N=C2C=CC=CN21. The van der Waals surface area contributed by atoms with Crippen molar-refractivity contribution in [3.63, 3.8) is 0 Å². The van der Waals surface area contributed by atoms with Crippen LogP contribution in [0.4, 0.5) is 0 Å². The van der Waals surface area contributed by atoms with E-state index in [0.29, 0.717) is 0 Å². The van der Waals surface area contributed by atoms with Crippen molar-refractivity contribution in [2.75, 3.05) is 7.05 Å². The van der Waals surface area contributed by atoms with E-state index >= 15 is 0 Å². The summed E-state index contributed by atoms with van der Waals surface area (Å²) in [5.41, 5.74) is 1.05. The Balaban J connectivity index is 2.47. The van der Waals surface area contributed by atoms with E-state index in [4.69, 9.17) is 0 Å². The number of fused-ring (bicyclic) bond motifs is 1. The third kappa shape index (κ3) is 1.13. The lowest BCUT2D eigenvalue weighted by Crippen LogP contribution is -2.20. The largest absolute Gasteiger partial charge is 0.298 e. The number of nitrogens with zero attached hydrogens (tertiary/aromatic N) is 3.